The van der Waals surface area contributed by atoms with Crippen LogP contribution in [0.4, 0.5) is 5.69 Å². The third-order valence-corrected chi connectivity index (χ3v) is 4.64. The molecule has 0 heterocycles. The fourth-order valence-corrected chi connectivity index (χ4v) is 3.25. The van der Waals surface area contributed by atoms with E-state index in [9.17, 15) is 14.9 Å². The highest BCUT2D eigenvalue weighted by Crippen LogP contribution is 2.28. The summed E-state index contributed by atoms with van der Waals surface area (Å²) in [5, 5.41) is 10.8. The highest BCUT2D eigenvalue weighted by Gasteiger charge is 2.30. The molecular weight excluding hydrogens is 292 g/mol. The first-order chi connectivity index (χ1) is 9.91. The highest BCUT2D eigenvalue weighted by molar-refractivity contribution is 6.21. The van der Waals surface area contributed by atoms with Crippen molar-refractivity contribution >= 4 is 23.2 Å². The van der Waals surface area contributed by atoms with Crippen molar-refractivity contribution in [3.05, 3.63) is 39.4 Å². The Kier molecular flexibility index (Phi) is 4.83. The number of carbonyl (C=O) groups excluding carboxylic acids is 1. The van der Waals surface area contributed by atoms with E-state index in [-0.39, 0.29) is 23.0 Å². The Morgan fingerprint density at radius 3 is 2.67 bits per heavy atom. The molecule has 2 unspecified atom stereocenters. The van der Waals surface area contributed by atoms with E-state index in [1.54, 1.807) is 24.9 Å². The highest BCUT2D eigenvalue weighted by atomic mass is 35.5. The molecule has 0 aliphatic heterocycles. The SMILES string of the molecule is Cc1ccc([N+](=O)[O-])cc1C(=O)N(C)C1CCCCC1Cl. The Morgan fingerprint density at radius 1 is 1.38 bits per heavy atom. The van der Waals surface area contributed by atoms with Crippen molar-refractivity contribution in [2.75, 3.05) is 7.05 Å². The first-order valence-corrected chi connectivity index (χ1v) is 7.51. The second-order valence-corrected chi connectivity index (χ2v) is 6.10. The van der Waals surface area contributed by atoms with Gasteiger partial charge >= 0.3 is 0 Å². The third-order valence-electron chi connectivity index (χ3n) is 4.13. The summed E-state index contributed by atoms with van der Waals surface area (Å²) in [5.41, 5.74) is 1.05. The van der Waals surface area contributed by atoms with Gasteiger partial charge in [-0.15, -0.1) is 11.6 Å². The second kappa shape index (κ2) is 6.43. The lowest BCUT2D eigenvalue weighted by atomic mass is 9.93. The van der Waals surface area contributed by atoms with Crippen molar-refractivity contribution in [1.82, 2.24) is 4.90 Å². The standard InChI is InChI=1S/C15H19ClN2O3/c1-10-7-8-11(18(20)21)9-12(10)15(19)17(2)14-6-4-3-5-13(14)16/h7-9,13-14H,3-6H2,1-2H3. The summed E-state index contributed by atoms with van der Waals surface area (Å²) in [6, 6.07) is 4.36. The second-order valence-electron chi connectivity index (χ2n) is 5.54. The van der Waals surface area contributed by atoms with Crippen LogP contribution in [0.15, 0.2) is 18.2 Å². The van der Waals surface area contributed by atoms with Crippen LogP contribution in [0.5, 0.6) is 0 Å². The van der Waals surface area contributed by atoms with E-state index in [0.29, 0.717) is 5.56 Å². The monoisotopic (exact) mass is 310 g/mol. The Morgan fingerprint density at radius 2 is 2.05 bits per heavy atom. The van der Waals surface area contributed by atoms with E-state index >= 15 is 0 Å². The van der Waals surface area contributed by atoms with Gasteiger partial charge in [-0.05, 0) is 25.3 Å². The molecule has 2 atom stereocenters. The Balaban J connectivity index is 2.26. The van der Waals surface area contributed by atoms with Crippen molar-refractivity contribution in [3.63, 3.8) is 0 Å². The number of nitro benzene ring substituents is 1. The first-order valence-electron chi connectivity index (χ1n) is 7.08. The number of halogens is 1. The summed E-state index contributed by atoms with van der Waals surface area (Å²) in [4.78, 5) is 24.7. The molecule has 114 valence electrons. The molecule has 0 N–H and O–H groups in total. The largest absolute Gasteiger partial charge is 0.337 e. The van der Waals surface area contributed by atoms with Crippen LogP contribution in [0.3, 0.4) is 0 Å². The van der Waals surface area contributed by atoms with E-state index in [4.69, 9.17) is 11.6 Å². The minimum absolute atomic E-state index is 0.00780. The molecule has 1 amide bonds. The molecule has 1 saturated carbocycles. The summed E-state index contributed by atoms with van der Waals surface area (Å²) >= 11 is 6.33. The van der Waals surface area contributed by atoms with E-state index in [1.807, 2.05) is 0 Å². The molecule has 1 aliphatic rings. The quantitative estimate of drug-likeness (QED) is 0.487. The van der Waals surface area contributed by atoms with E-state index in [1.165, 1.54) is 12.1 Å². The lowest BCUT2D eigenvalue weighted by molar-refractivity contribution is -0.384. The van der Waals surface area contributed by atoms with Gasteiger partial charge in [-0.2, -0.15) is 0 Å². The lowest BCUT2D eigenvalue weighted by Crippen LogP contribution is -2.44. The van der Waals surface area contributed by atoms with E-state index < -0.39 is 4.92 Å². The van der Waals surface area contributed by atoms with Crippen LogP contribution >= 0.6 is 11.6 Å². The fourth-order valence-electron chi connectivity index (χ4n) is 2.80. The van der Waals surface area contributed by atoms with Gasteiger partial charge in [0, 0.05) is 30.8 Å². The van der Waals surface area contributed by atoms with Crippen LogP contribution in [-0.4, -0.2) is 34.2 Å². The van der Waals surface area contributed by atoms with Crippen molar-refractivity contribution in [2.24, 2.45) is 0 Å². The molecule has 5 nitrogen and oxygen atoms in total. The molecule has 1 fully saturated rings. The van der Waals surface area contributed by atoms with Gasteiger partial charge in [0.1, 0.15) is 0 Å². The third kappa shape index (κ3) is 3.35. The van der Waals surface area contributed by atoms with Crippen molar-refractivity contribution in [3.8, 4) is 0 Å². The van der Waals surface area contributed by atoms with Crippen LogP contribution in [0.25, 0.3) is 0 Å². The molecule has 21 heavy (non-hydrogen) atoms. The minimum Gasteiger partial charge on any atom is -0.337 e. The van der Waals surface area contributed by atoms with Gasteiger partial charge in [-0.3, -0.25) is 14.9 Å². The molecule has 1 aromatic rings. The molecule has 1 aromatic carbocycles. The fraction of sp³-hybridized carbons (Fsp3) is 0.533. The number of nitrogens with zero attached hydrogens (tertiary/aromatic N) is 2. The zero-order valence-electron chi connectivity index (χ0n) is 12.2. The summed E-state index contributed by atoms with van der Waals surface area (Å²) in [7, 11) is 1.73. The van der Waals surface area contributed by atoms with Gasteiger partial charge in [-0.1, -0.05) is 18.9 Å². The van der Waals surface area contributed by atoms with E-state index in [0.717, 1.165) is 31.2 Å². The van der Waals surface area contributed by atoms with Crippen molar-refractivity contribution in [1.29, 1.82) is 0 Å². The average Bonchev–Trinajstić information content (AvgIpc) is 2.46. The van der Waals surface area contributed by atoms with Gasteiger partial charge in [0.05, 0.1) is 10.3 Å². The Hall–Kier alpha value is -1.62. The normalized spacial score (nSPS) is 21.9. The molecule has 0 bridgehead atoms. The Bertz CT molecular complexity index is 562. The molecular formula is C15H19ClN2O3. The number of hydrogen-bond acceptors (Lipinski definition) is 3. The summed E-state index contributed by atoms with van der Waals surface area (Å²) in [6.07, 6.45) is 3.92. The molecule has 6 heteroatoms. The molecule has 2 rings (SSSR count). The predicted octanol–water partition coefficient (Wildman–Crippen LogP) is 3.53. The number of rotatable bonds is 3. The van der Waals surface area contributed by atoms with Crippen molar-refractivity contribution in [2.45, 2.75) is 44.0 Å². The number of nitro groups is 1. The van der Waals surface area contributed by atoms with Crippen LogP contribution < -0.4 is 0 Å². The van der Waals surface area contributed by atoms with Gasteiger partial charge in [0.15, 0.2) is 0 Å². The molecule has 1 aliphatic carbocycles. The smallest absolute Gasteiger partial charge is 0.270 e. The molecule has 0 spiro atoms. The number of benzene rings is 1. The average molecular weight is 311 g/mol. The number of amides is 1. The lowest BCUT2D eigenvalue weighted by Gasteiger charge is -2.35. The number of non-ortho nitro benzene ring substituents is 1. The van der Waals surface area contributed by atoms with Gasteiger partial charge in [-0.25, -0.2) is 0 Å². The maximum absolute atomic E-state index is 12.6. The number of alkyl halides is 1. The van der Waals surface area contributed by atoms with E-state index in [2.05, 4.69) is 0 Å². The van der Waals surface area contributed by atoms with Crippen LogP contribution in [0, 0.1) is 17.0 Å². The number of carbonyl (C=O) groups is 1. The topological polar surface area (TPSA) is 63.5 Å². The summed E-state index contributed by atoms with van der Waals surface area (Å²) in [5.74, 6) is -0.200. The van der Waals surface area contributed by atoms with Gasteiger partial charge in [0.25, 0.3) is 11.6 Å². The number of hydrogen-bond donors (Lipinski definition) is 0. The molecule has 0 radical (unpaired) electrons. The molecule has 0 saturated heterocycles. The zero-order chi connectivity index (χ0) is 15.6. The summed E-state index contributed by atoms with van der Waals surface area (Å²) in [6.45, 7) is 1.78. The molecule has 0 aromatic heterocycles. The maximum atomic E-state index is 12.6. The maximum Gasteiger partial charge on any atom is 0.270 e. The van der Waals surface area contributed by atoms with Crippen LogP contribution in [-0.2, 0) is 0 Å². The Labute approximate surface area is 129 Å². The van der Waals surface area contributed by atoms with Gasteiger partial charge < -0.3 is 4.90 Å². The minimum atomic E-state index is -0.485. The van der Waals surface area contributed by atoms with Crippen LogP contribution in [0.2, 0.25) is 0 Å². The number of aryl methyl sites for hydroxylation is 1. The van der Waals surface area contributed by atoms with Gasteiger partial charge in [0.2, 0.25) is 0 Å². The summed E-state index contributed by atoms with van der Waals surface area (Å²) < 4.78 is 0. The predicted molar refractivity (Wildman–Crippen MR) is 81.8 cm³/mol. The first kappa shape index (κ1) is 15.8. The van der Waals surface area contributed by atoms with Crippen LogP contribution in [0.1, 0.15) is 41.6 Å². The van der Waals surface area contributed by atoms with Crippen molar-refractivity contribution < 1.29 is 9.72 Å². The zero-order valence-corrected chi connectivity index (χ0v) is 13.0.